The van der Waals surface area contributed by atoms with Gasteiger partial charge in [-0.05, 0) is 31.2 Å². The van der Waals surface area contributed by atoms with E-state index in [0.717, 1.165) is 11.6 Å². The van der Waals surface area contributed by atoms with Crippen LogP contribution in [0.25, 0.3) is 0 Å². The van der Waals surface area contributed by atoms with Crippen molar-refractivity contribution < 1.29 is 14.3 Å². The zero-order valence-electron chi connectivity index (χ0n) is 10.6. The maximum Gasteiger partial charge on any atom is 0.173 e. The van der Waals surface area contributed by atoms with Crippen molar-refractivity contribution in [2.45, 2.75) is 6.92 Å². The van der Waals surface area contributed by atoms with Crippen molar-refractivity contribution in [3.05, 3.63) is 58.4 Å². The van der Waals surface area contributed by atoms with Gasteiger partial charge in [0.05, 0.1) is 10.6 Å². The first kappa shape index (κ1) is 14.1. The molecule has 0 bridgehead atoms. The molecule has 20 heavy (non-hydrogen) atoms. The first-order chi connectivity index (χ1) is 9.51. The van der Waals surface area contributed by atoms with E-state index < -0.39 is 5.82 Å². The number of oxime groups is 1. The molecular formula is C14H12ClFN2O2. The molecule has 3 N–H and O–H groups in total. The third-order valence-corrected chi connectivity index (χ3v) is 2.94. The molecular weight excluding hydrogens is 283 g/mol. The Labute approximate surface area is 120 Å². The van der Waals surface area contributed by atoms with Crippen molar-refractivity contribution in [2.75, 3.05) is 0 Å². The number of halogens is 2. The van der Waals surface area contributed by atoms with Gasteiger partial charge < -0.3 is 15.7 Å². The summed E-state index contributed by atoms with van der Waals surface area (Å²) >= 11 is 5.61. The lowest BCUT2D eigenvalue weighted by Gasteiger charge is -2.11. The van der Waals surface area contributed by atoms with E-state index >= 15 is 0 Å². The average molecular weight is 295 g/mol. The van der Waals surface area contributed by atoms with Crippen LogP contribution in [-0.4, -0.2) is 11.0 Å². The molecule has 0 fully saturated rings. The number of nitrogens with zero attached hydrogens (tertiary/aromatic N) is 1. The van der Waals surface area contributed by atoms with E-state index in [4.69, 9.17) is 27.3 Å². The van der Waals surface area contributed by atoms with Crippen LogP contribution in [-0.2, 0) is 0 Å². The summed E-state index contributed by atoms with van der Waals surface area (Å²) in [5.41, 5.74) is 6.93. The summed E-state index contributed by atoms with van der Waals surface area (Å²) in [6.07, 6.45) is 0. The van der Waals surface area contributed by atoms with Crippen LogP contribution in [0.15, 0.2) is 41.6 Å². The third kappa shape index (κ3) is 3.00. The van der Waals surface area contributed by atoms with Gasteiger partial charge in [0.15, 0.2) is 5.84 Å². The molecule has 0 amide bonds. The molecule has 0 heterocycles. The minimum Gasteiger partial charge on any atom is -0.456 e. The second-order valence-electron chi connectivity index (χ2n) is 4.16. The van der Waals surface area contributed by atoms with E-state index in [2.05, 4.69) is 5.16 Å². The molecule has 6 heteroatoms. The largest absolute Gasteiger partial charge is 0.456 e. The van der Waals surface area contributed by atoms with Gasteiger partial charge in [-0.2, -0.15) is 0 Å². The molecule has 0 saturated carbocycles. The summed E-state index contributed by atoms with van der Waals surface area (Å²) in [7, 11) is 0. The number of ether oxygens (including phenoxy) is 1. The first-order valence-corrected chi connectivity index (χ1v) is 6.10. The number of nitrogens with two attached hydrogens (primary N) is 1. The molecule has 4 nitrogen and oxygen atoms in total. The lowest BCUT2D eigenvalue weighted by Crippen LogP contribution is -2.14. The van der Waals surface area contributed by atoms with E-state index in [0.29, 0.717) is 11.3 Å². The maximum absolute atomic E-state index is 13.4. The van der Waals surface area contributed by atoms with Crippen LogP contribution in [0, 0.1) is 12.7 Å². The van der Waals surface area contributed by atoms with Gasteiger partial charge in [0.2, 0.25) is 0 Å². The van der Waals surface area contributed by atoms with Crippen LogP contribution in [0.1, 0.15) is 11.1 Å². The van der Waals surface area contributed by atoms with E-state index in [1.165, 1.54) is 12.1 Å². The highest BCUT2D eigenvalue weighted by atomic mass is 35.5. The summed E-state index contributed by atoms with van der Waals surface area (Å²) in [5, 5.41) is 11.7. The predicted octanol–water partition coefficient (Wildman–Crippen LogP) is 3.67. The van der Waals surface area contributed by atoms with Crippen molar-refractivity contribution in [3.63, 3.8) is 0 Å². The Bertz CT molecular complexity index is 674. The maximum atomic E-state index is 13.4. The van der Waals surface area contributed by atoms with Crippen LogP contribution in [0.4, 0.5) is 4.39 Å². The van der Waals surface area contributed by atoms with Gasteiger partial charge >= 0.3 is 0 Å². The minimum absolute atomic E-state index is 0.0120. The Kier molecular flexibility index (Phi) is 4.10. The van der Waals surface area contributed by atoms with Crippen molar-refractivity contribution in [1.29, 1.82) is 0 Å². The molecule has 2 aromatic rings. The van der Waals surface area contributed by atoms with Crippen molar-refractivity contribution >= 4 is 17.4 Å². The van der Waals surface area contributed by atoms with E-state index in [1.54, 1.807) is 18.2 Å². The highest BCUT2D eigenvalue weighted by Gasteiger charge is 2.11. The lowest BCUT2D eigenvalue weighted by molar-refractivity contribution is 0.318. The molecule has 0 unspecified atom stereocenters. The van der Waals surface area contributed by atoms with Crippen molar-refractivity contribution in [3.8, 4) is 11.5 Å². The molecule has 0 radical (unpaired) electrons. The molecule has 0 aliphatic heterocycles. The Balaban J connectivity index is 2.40. The SMILES string of the molecule is Cc1ccc(Oc2ccc(Cl)c(F)c2)c(/C(N)=N/O)c1. The number of amidine groups is 1. The van der Waals surface area contributed by atoms with Gasteiger partial charge in [-0.25, -0.2) is 4.39 Å². The lowest BCUT2D eigenvalue weighted by atomic mass is 10.1. The second-order valence-corrected chi connectivity index (χ2v) is 4.57. The Morgan fingerprint density at radius 3 is 2.70 bits per heavy atom. The van der Waals surface area contributed by atoms with Crippen molar-refractivity contribution in [2.24, 2.45) is 10.9 Å². The Morgan fingerprint density at radius 2 is 2.05 bits per heavy atom. The Hall–Kier alpha value is -2.27. The smallest absolute Gasteiger partial charge is 0.173 e. The molecule has 0 atom stereocenters. The van der Waals surface area contributed by atoms with Gasteiger partial charge in [0, 0.05) is 6.07 Å². The minimum atomic E-state index is -0.582. The molecule has 0 aliphatic carbocycles. The molecule has 0 aromatic heterocycles. The van der Waals surface area contributed by atoms with Crippen LogP contribution in [0.5, 0.6) is 11.5 Å². The van der Waals surface area contributed by atoms with Gasteiger partial charge in [0.1, 0.15) is 17.3 Å². The molecule has 0 aliphatic rings. The normalized spacial score (nSPS) is 11.4. The zero-order valence-corrected chi connectivity index (χ0v) is 11.4. The fourth-order valence-corrected chi connectivity index (χ4v) is 1.77. The number of aryl methyl sites for hydroxylation is 1. The van der Waals surface area contributed by atoms with Gasteiger partial charge in [-0.15, -0.1) is 0 Å². The third-order valence-electron chi connectivity index (χ3n) is 2.64. The van der Waals surface area contributed by atoms with Gasteiger partial charge in [0.25, 0.3) is 0 Å². The van der Waals surface area contributed by atoms with E-state index in [1.807, 2.05) is 6.92 Å². The number of hydrogen-bond donors (Lipinski definition) is 2. The number of rotatable bonds is 3. The highest BCUT2D eigenvalue weighted by Crippen LogP contribution is 2.28. The van der Waals surface area contributed by atoms with Gasteiger partial charge in [-0.1, -0.05) is 28.4 Å². The predicted molar refractivity (Wildman–Crippen MR) is 75.2 cm³/mol. The summed E-state index contributed by atoms with van der Waals surface area (Å²) in [6, 6.07) is 9.25. The molecule has 2 rings (SSSR count). The summed E-state index contributed by atoms with van der Waals surface area (Å²) in [5.74, 6) is -0.0462. The number of hydrogen-bond acceptors (Lipinski definition) is 3. The summed E-state index contributed by atoms with van der Waals surface area (Å²) in [6.45, 7) is 1.86. The fourth-order valence-electron chi connectivity index (χ4n) is 1.65. The van der Waals surface area contributed by atoms with Crippen LogP contribution < -0.4 is 10.5 Å². The zero-order chi connectivity index (χ0) is 14.7. The molecule has 104 valence electrons. The first-order valence-electron chi connectivity index (χ1n) is 5.72. The standard InChI is InChI=1S/C14H12ClFN2O2/c1-8-2-5-13(10(6-8)14(17)18-19)20-9-3-4-11(15)12(16)7-9/h2-7,19H,1H3,(H2,17,18). The number of benzene rings is 2. The average Bonchev–Trinajstić information content (AvgIpc) is 2.44. The van der Waals surface area contributed by atoms with E-state index in [-0.39, 0.29) is 16.6 Å². The van der Waals surface area contributed by atoms with E-state index in [9.17, 15) is 4.39 Å². The van der Waals surface area contributed by atoms with Crippen LogP contribution in [0.3, 0.4) is 0 Å². The summed E-state index contributed by atoms with van der Waals surface area (Å²) in [4.78, 5) is 0. The highest BCUT2D eigenvalue weighted by molar-refractivity contribution is 6.30. The topological polar surface area (TPSA) is 67.8 Å². The van der Waals surface area contributed by atoms with Crippen molar-refractivity contribution in [1.82, 2.24) is 0 Å². The second kappa shape index (κ2) is 5.79. The van der Waals surface area contributed by atoms with Crippen LogP contribution in [0.2, 0.25) is 5.02 Å². The quantitative estimate of drug-likeness (QED) is 0.393. The molecule has 2 aromatic carbocycles. The fraction of sp³-hybridized carbons (Fsp3) is 0.0714. The van der Waals surface area contributed by atoms with Gasteiger partial charge in [-0.3, -0.25) is 0 Å². The molecule has 0 spiro atoms. The monoisotopic (exact) mass is 294 g/mol. The van der Waals surface area contributed by atoms with Crippen LogP contribution >= 0.6 is 11.6 Å². The Morgan fingerprint density at radius 1 is 1.30 bits per heavy atom. The molecule has 0 saturated heterocycles. The summed E-state index contributed by atoms with van der Waals surface area (Å²) < 4.78 is 18.9.